The third-order valence-electron chi connectivity index (χ3n) is 3.80. The van der Waals surface area contributed by atoms with E-state index >= 15 is 0 Å². The summed E-state index contributed by atoms with van der Waals surface area (Å²) in [7, 11) is 0. The van der Waals surface area contributed by atoms with Gasteiger partial charge in [-0.1, -0.05) is 33.6 Å². The van der Waals surface area contributed by atoms with Gasteiger partial charge in [-0.25, -0.2) is 4.79 Å². The zero-order valence-corrected chi connectivity index (χ0v) is 12.1. The van der Waals surface area contributed by atoms with E-state index < -0.39 is 17.6 Å². The standard InChI is InChI=1S/C14H26N2O3/c1-9(2)7-11(12(17)18)16-13(19)14(15)6-4-5-10(3)8-14/h9-11H,4-8,15H2,1-3H3,(H,16,19)(H,17,18)/t10?,11-,14?/m1/s1. The maximum atomic E-state index is 12.3. The molecule has 1 aliphatic carbocycles. The van der Waals surface area contributed by atoms with Gasteiger partial charge in [0.2, 0.25) is 5.91 Å². The van der Waals surface area contributed by atoms with Crippen LogP contribution >= 0.6 is 0 Å². The second-order valence-corrected chi connectivity index (χ2v) is 6.35. The molecule has 0 aromatic heterocycles. The van der Waals surface area contributed by atoms with Crippen molar-refractivity contribution in [3.05, 3.63) is 0 Å². The zero-order valence-electron chi connectivity index (χ0n) is 12.1. The normalized spacial score (nSPS) is 29.0. The smallest absolute Gasteiger partial charge is 0.326 e. The Balaban J connectivity index is 2.67. The molecular formula is C14H26N2O3. The summed E-state index contributed by atoms with van der Waals surface area (Å²) in [5, 5.41) is 11.8. The Bertz CT molecular complexity index is 344. The van der Waals surface area contributed by atoms with Gasteiger partial charge in [-0.3, -0.25) is 4.79 Å². The van der Waals surface area contributed by atoms with E-state index in [1.807, 2.05) is 13.8 Å². The van der Waals surface area contributed by atoms with Gasteiger partial charge in [0.25, 0.3) is 0 Å². The van der Waals surface area contributed by atoms with Crippen LogP contribution < -0.4 is 11.1 Å². The van der Waals surface area contributed by atoms with Gasteiger partial charge in [-0.2, -0.15) is 0 Å². The Morgan fingerprint density at radius 1 is 1.47 bits per heavy atom. The van der Waals surface area contributed by atoms with Gasteiger partial charge in [0, 0.05) is 0 Å². The molecule has 19 heavy (non-hydrogen) atoms. The van der Waals surface area contributed by atoms with Crippen molar-refractivity contribution < 1.29 is 14.7 Å². The molecule has 0 bridgehead atoms. The number of nitrogens with two attached hydrogens (primary N) is 1. The summed E-state index contributed by atoms with van der Waals surface area (Å²) in [6.45, 7) is 5.95. The van der Waals surface area contributed by atoms with Crippen molar-refractivity contribution in [2.45, 2.75) is 64.5 Å². The van der Waals surface area contributed by atoms with Crippen molar-refractivity contribution in [2.24, 2.45) is 17.6 Å². The zero-order chi connectivity index (χ0) is 14.6. The molecule has 2 unspecified atom stereocenters. The fourth-order valence-electron chi connectivity index (χ4n) is 2.79. The van der Waals surface area contributed by atoms with Gasteiger partial charge >= 0.3 is 5.97 Å². The Morgan fingerprint density at radius 2 is 2.11 bits per heavy atom. The number of aliphatic carboxylic acids is 1. The lowest BCUT2D eigenvalue weighted by Crippen LogP contribution is -2.59. The van der Waals surface area contributed by atoms with Crippen molar-refractivity contribution in [1.82, 2.24) is 5.32 Å². The highest BCUT2D eigenvalue weighted by atomic mass is 16.4. The molecular weight excluding hydrogens is 244 g/mol. The largest absolute Gasteiger partial charge is 0.480 e. The van der Waals surface area contributed by atoms with Crippen LogP contribution in [0.25, 0.3) is 0 Å². The van der Waals surface area contributed by atoms with Gasteiger partial charge in [0.1, 0.15) is 6.04 Å². The Morgan fingerprint density at radius 3 is 2.58 bits per heavy atom. The van der Waals surface area contributed by atoms with Gasteiger partial charge < -0.3 is 16.2 Å². The maximum Gasteiger partial charge on any atom is 0.326 e. The number of carbonyl (C=O) groups excluding carboxylic acids is 1. The van der Waals surface area contributed by atoms with Crippen molar-refractivity contribution in [2.75, 3.05) is 0 Å². The SMILES string of the molecule is CC(C)C[C@@H](NC(=O)C1(N)CCCC(C)C1)C(=O)O. The molecule has 1 aliphatic rings. The van der Waals surface area contributed by atoms with E-state index in [2.05, 4.69) is 12.2 Å². The van der Waals surface area contributed by atoms with Gasteiger partial charge in [-0.05, 0) is 31.1 Å². The lowest BCUT2D eigenvalue weighted by Gasteiger charge is -2.36. The number of carboxylic acids is 1. The Kier molecular flexibility index (Phi) is 5.35. The first-order valence-corrected chi connectivity index (χ1v) is 7.07. The van der Waals surface area contributed by atoms with E-state index in [1.54, 1.807) is 0 Å². The quantitative estimate of drug-likeness (QED) is 0.706. The highest BCUT2D eigenvalue weighted by Crippen LogP contribution is 2.30. The molecule has 4 N–H and O–H groups in total. The average Bonchev–Trinajstić information content (AvgIpc) is 2.26. The topological polar surface area (TPSA) is 92.4 Å². The summed E-state index contributed by atoms with van der Waals surface area (Å²) in [5.41, 5.74) is 5.27. The van der Waals surface area contributed by atoms with Gasteiger partial charge in [0.15, 0.2) is 0 Å². The predicted molar refractivity (Wildman–Crippen MR) is 73.6 cm³/mol. The van der Waals surface area contributed by atoms with Crippen LogP contribution in [0, 0.1) is 11.8 Å². The third kappa shape index (κ3) is 4.49. The molecule has 0 radical (unpaired) electrons. The van der Waals surface area contributed by atoms with Crippen molar-refractivity contribution in [3.63, 3.8) is 0 Å². The van der Waals surface area contributed by atoms with Crippen molar-refractivity contribution >= 4 is 11.9 Å². The molecule has 0 aliphatic heterocycles. The van der Waals surface area contributed by atoms with Crippen molar-refractivity contribution in [3.8, 4) is 0 Å². The molecule has 110 valence electrons. The fraction of sp³-hybridized carbons (Fsp3) is 0.857. The van der Waals surface area contributed by atoms with Gasteiger partial charge in [-0.15, -0.1) is 0 Å². The van der Waals surface area contributed by atoms with Crippen LogP contribution in [0.4, 0.5) is 0 Å². The molecule has 1 rings (SSSR count). The van der Waals surface area contributed by atoms with E-state index in [0.717, 1.165) is 12.8 Å². The summed E-state index contributed by atoms with van der Waals surface area (Å²) in [5.74, 6) is -0.681. The van der Waals surface area contributed by atoms with Crippen LogP contribution in [-0.2, 0) is 9.59 Å². The van der Waals surface area contributed by atoms with E-state index in [4.69, 9.17) is 10.8 Å². The number of nitrogens with one attached hydrogen (secondary N) is 1. The molecule has 1 amide bonds. The molecule has 3 atom stereocenters. The molecule has 0 heterocycles. The molecule has 0 saturated heterocycles. The van der Waals surface area contributed by atoms with E-state index in [0.29, 0.717) is 25.2 Å². The minimum Gasteiger partial charge on any atom is -0.480 e. The second kappa shape index (κ2) is 6.37. The predicted octanol–water partition coefficient (Wildman–Crippen LogP) is 1.51. The van der Waals surface area contributed by atoms with Gasteiger partial charge in [0.05, 0.1) is 5.54 Å². The molecule has 0 spiro atoms. The first-order chi connectivity index (χ1) is 8.74. The third-order valence-corrected chi connectivity index (χ3v) is 3.80. The van der Waals surface area contributed by atoms with Crippen LogP contribution in [0.5, 0.6) is 0 Å². The summed E-state index contributed by atoms with van der Waals surface area (Å²) in [6, 6.07) is -0.842. The van der Waals surface area contributed by atoms with Crippen LogP contribution in [-0.4, -0.2) is 28.6 Å². The second-order valence-electron chi connectivity index (χ2n) is 6.35. The summed E-state index contributed by atoms with van der Waals surface area (Å²) >= 11 is 0. The summed E-state index contributed by atoms with van der Waals surface area (Å²) < 4.78 is 0. The minimum atomic E-state index is -0.991. The number of carbonyl (C=O) groups is 2. The highest BCUT2D eigenvalue weighted by Gasteiger charge is 2.39. The fourth-order valence-corrected chi connectivity index (χ4v) is 2.79. The first-order valence-electron chi connectivity index (χ1n) is 7.07. The van der Waals surface area contributed by atoms with Crippen molar-refractivity contribution in [1.29, 1.82) is 0 Å². The monoisotopic (exact) mass is 270 g/mol. The number of hydrogen-bond acceptors (Lipinski definition) is 3. The summed E-state index contributed by atoms with van der Waals surface area (Å²) in [6.07, 6.45) is 3.70. The molecule has 1 saturated carbocycles. The lowest BCUT2D eigenvalue weighted by atomic mass is 9.76. The molecule has 1 fully saturated rings. The molecule has 0 aromatic carbocycles. The minimum absolute atomic E-state index is 0.209. The Labute approximate surface area is 114 Å². The van der Waals surface area contributed by atoms with E-state index in [9.17, 15) is 9.59 Å². The van der Waals surface area contributed by atoms with Crippen LogP contribution in [0.15, 0.2) is 0 Å². The molecule has 5 nitrogen and oxygen atoms in total. The van der Waals surface area contributed by atoms with E-state index in [1.165, 1.54) is 0 Å². The number of carboxylic acid groups (broad SMARTS) is 1. The van der Waals surface area contributed by atoms with Crippen LogP contribution in [0.1, 0.15) is 52.9 Å². The number of hydrogen-bond donors (Lipinski definition) is 3. The maximum absolute atomic E-state index is 12.3. The average molecular weight is 270 g/mol. The van der Waals surface area contributed by atoms with Crippen LogP contribution in [0.2, 0.25) is 0 Å². The summed E-state index contributed by atoms with van der Waals surface area (Å²) in [4.78, 5) is 23.4. The Hall–Kier alpha value is -1.10. The lowest BCUT2D eigenvalue weighted by molar-refractivity contribution is -0.143. The van der Waals surface area contributed by atoms with E-state index in [-0.39, 0.29) is 11.8 Å². The highest BCUT2D eigenvalue weighted by molar-refractivity contribution is 5.90. The number of amides is 1. The van der Waals surface area contributed by atoms with Crippen LogP contribution in [0.3, 0.4) is 0 Å². The number of rotatable bonds is 5. The first kappa shape index (κ1) is 16.0. The molecule has 0 aromatic rings. The molecule has 5 heteroatoms.